The lowest BCUT2D eigenvalue weighted by Gasteiger charge is -2.14. The van der Waals surface area contributed by atoms with Crippen molar-refractivity contribution in [2.45, 2.75) is 45.1 Å². The molecule has 0 fully saturated rings. The zero-order valence-corrected chi connectivity index (χ0v) is 19.7. The molecule has 0 aliphatic heterocycles. The summed E-state index contributed by atoms with van der Waals surface area (Å²) in [7, 11) is 0. The van der Waals surface area contributed by atoms with E-state index in [2.05, 4.69) is 37.1 Å². The van der Waals surface area contributed by atoms with Gasteiger partial charge >= 0.3 is 6.03 Å². The number of nitrogens with one attached hydrogen (secondary N) is 3. The Kier molecular flexibility index (Phi) is 5.57. The normalized spacial score (nSPS) is 14.9. The van der Waals surface area contributed by atoms with Crippen molar-refractivity contribution in [1.29, 1.82) is 5.26 Å². The molecule has 9 heteroatoms. The highest BCUT2D eigenvalue weighted by atomic mass is 16.5. The van der Waals surface area contributed by atoms with E-state index < -0.39 is 0 Å². The molecule has 176 valence electrons. The first-order chi connectivity index (χ1) is 16.8. The topological polar surface area (TPSA) is 129 Å². The van der Waals surface area contributed by atoms with Gasteiger partial charge < -0.3 is 15.2 Å². The van der Waals surface area contributed by atoms with Gasteiger partial charge in [0.25, 0.3) is 0 Å². The standard InChI is InChI=1S/C26H25N7O2/c1-26(2,3)22-12-23(33-35-22)32-25(34)31-18-6-5-16-9-19(11-17(16)10-18)30-24-20-8-15(13-27)4-7-21(20)28-14-29-24/h4-8,10,12,14,19H,9,11H2,1-3H3,(H,28,29,30)(H2,31,32,33,34). The minimum absolute atomic E-state index is 0.142. The van der Waals surface area contributed by atoms with Gasteiger partial charge in [-0.3, -0.25) is 5.32 Å². The highest BCUT2D eigenvalue weighted by molar-refractivity contribution is 5.99. The average Bonchev–Trinajstić information content (AvgIpc) is 3.45. The Hall–Kier alpha value is -4.45. The molecule has 35 heavy (non-hydrogen) atoms. The summed E-state index contributed by atoms with van der Waals surface area (Å²) in [5.41, 5.74) is 4.25. The van der Waals surface area contributed by atoms with Crippen molar-refractivity contribution in [3.63, 3.8) is 0 Å². The van der Waals surface area contributed by atoms with E-state index in [-0.39, 0.29) is 17.5 Å². The van der Waals surface area contributed by atoms with E-state index in [4.69, 9.17) is 4.52 Å². The van der Waals surface area contributed by atoms with Gasteiger partial charge in [-0.25, -0.2) is 14.8 Å². The zero-order chi connectivity index (χ0) is 24.6. The fraction of sp³-hybridized carbons (Fsp3) is 0.269. The molecule has 0 bridgehead atoms. The van der Waals surface area contributed by atoms with Gasteiger partial charge in [-0.2, -0.15) is 5.26 Å². The fourth-order valence-corrected chi connectivity index (χ4v) is 4.20. The van der Waals surface area contributed by atoms with Gasteiger partial charge in [0.2, 0.25) is 0 Å². The van der Waals surface area contributed by atoms with Gasteiger partial charge in [0, 0.05) is 28.6 Å². The minimum Gasteiger partial charge on any atom is -0.366 e. The molecule has 0 spiro atoms. The maximum atomic E-state index is 12.5. The van der Waals surface area contributed by atoms with Crippen molar-refractivity contribution in [3.8, 4) is 6.07 Å². The maximum absolute atomic E-state index is 12.5. The summed E-state index contributed by atoms with van der Waals surface area (Å²) in [4.78, 5) is 21.2. The third-order valence-electron chi connectivity index (χ3n) is 5.99. The molecule has 2 heterocycles. The SMILES string of the molecule is CC(C)(C)c1cc(NC(=O)Nc2ccc3c(c2)CC(Nc2ncnc4ccc(C#N)cc24)C3)no1. The van der Waals surface area contributed by atoms with Crippen LogP contribution in [0.5, 0.6) is 0 Å². The van der Waals surface area contributed by atoms with E-state index in [1.165, 1.54) is 11.9 Å². The zero-order valence-electron chi connectivity index (χ0n) is 19.7. The van der Waals surface area contributed by atoms with Gasteiger partial charge in [-0.05, 0) is 54.3 Å². The van der Waals surface area contributed by atoms with Crippen LogP contribution in [-0.2, 0) is 18.3 Å². The molecule has 2 aromatic heterocycles. The van der Waals surface area contributed by atoms with Crippen LogP contribution in [0.3, 0.4) is 0 Å². The number of nitriles is 1. The Labute approximate surface area is 202 Å². The van der Waals surface area contributed by atoms with Crippen LogP contribution in [0, 0.1) is 11.3 Å². The third kappa shape index (κ3) is 4.77. The number of amides is 2. The van der Waals surface area contributed by atoms with Crippen molar-refractivity contribution < 1.29 is 9.32 Å². The smallest absolute Gasteiger partial charge is 0.324 e. The largest absolute Gasteiger partial charge is 0.366 e. The Bertz CT molecular complexity index is 1460. The number of hydrogen-bond donors (Lipinski definition) is 3. The molecular formula is C26H25N7O2. The highest BCUT2D eigenvalue weighted by Gasteiger charge is 2.23. The second-order valence-electron chi connectivity index (χ2n) is 9.70. The van der Waals surface area contributed by atoms with E-state index in [1.54, 1.807) is 18.2 Å². The van der Waals surface area contributed by atoms with Crippen molar-refractivity contribution in [1.82, 2.24) is 15.1 Å². The summed E-state index contributed by atoms with van der Waals surface area (Å²) < 4.78 is 5.32. The summed E-state index contributed by atoms with van der Waals surface area (Å²) in [5.74, 6) is 1.78. The molecule has 4 aromatic rings. The summed E-state index contributed by atoms with van der Waals surface area (Å²) in [6.07, 6.45) is 3.15. The van der Waals surface area contributed by atoms with E-state index >= 15 is 0 Å². The molecule has 1 aliphatic rings. The third-order valence-corrected chi connectivity index (χ3v) is 5.99. The van der Waals surface area contributed by atoms with Gasteiger partial charge in [0.15, 0.2) is 5.82 Å². The number of benzene rings is 2. The molecule has 2 amide bonds. The molecule has 1 aliphatic carbocycles. The van der Waals surface area contributed by atoms with E-state index in [0.717, 1.165) is 29.3 Å². The lowest BCUT2D eigenvalue weighted by Crippen LogP contribution is -2.20. The van der Waals surface area contributed by atoms with Crippen LogP contribution in [0.4, 0.5) is 22.1 Å². The Balaban J connectivity index is 1.25. The van der Waals surface area contributed by atoms with Crippen LogP contribution >= 0.6 is 0 Å². The first kappa shape index (κ1) is 22.3. The van der Waals surface area contributed by atoms with Crippen molar-refractivity contribution in [2.24, 2.45) is 0 Å². The van der Waals surface area contributed by atoms with Gasteiger partial charge in [-0.15, -0.1) is 0 Å². The molecular weight excluding hydrogens is 442 g/mol. The Morgan fingerprint density at radius 3 is 2.66 bits per heavy atom. The molecule has 9 nitrogen and oxygen atoms in total. The molecule has 3 N–H and O–H groups in total. The average molecular weight is 468 g/mol. The Morgan fingerprint density at radius 1 is 1.06 bits per heavy atom. The van der Waals surface area contributed by atoms with Crippen LogP contribution in [0.2, 0.25) is 0 Å². The first-order valence-corrected chi connectivity index (χ1v) is 11.4. The van der Waals surface area contributed by atoms with Crippen LogP contribution in [-0.4, -0.2) is 27.2 Å². The summed E-state index contributed by atoms with van der Waals surface area (Å²) in [5, 5.41) is 23.1. The molecule has 1 atom stereocenters. The Morgan fingerprint density at radius 2 is 1.89 bits per heavy atom. The van der Waals surface area contributed by atoms with E-state index in [0.29, 0.717) is 28.6 Å². The second kappa shape index (κ2) is 8.72. The van der Waals surface area contributed by atoms with Gasteiger partial charge in [0.05, 0.1) is 17.1 Å². The van der Waals surface area contributed by atoms with E-state index in [1.807, 2.05) is 45.0 Å². The van der Waals surface area contributed by atoms with Crippen molar-refractivity contribution in [3.05, 3.63) is 71.2 Å². The van der Waals surface area contributed by atoms with Gasteiger partial charge in [-0.1, -0.05) is 32.0 Å². The number of nitrogens with zero attached hydrogens (tertiary/aromatic N) is 4. The molecule has 0 radical (unpaired) electrons. The monoisotopic (exact) mass is 467 g/mol. The summed E-state index contributed by atoms with van der Waals surface area (Å²) in [6, 6.07) is 15.0. The summed E-state index contributed by atoms with van der Waals surface area (Å²) in [6.45, 7) is 6.04. The molecule has 0 saturated carbocycles. The predicted octanol–water partition coefficient (Wildman–Crippen LogP) is 5.01. The minimum atomic E-state index is -0.382. The van der Waals surface area contributed by atoms with Crippen LogP contribution in [0.1, 0.15) is 43.2 Å². The fourth-order valence-electron chi connectivity index (χ4n) is 4.20. The summed E-state index contributed by atoms with van der Waals surface area (Å²) >= 11 is 0. The first-order valence-electron chi connectivity index (χ1n) is 11.4. The molecule has 5 rings (SSSR count). The number of carbonyl (C=O) groups excluding carboxylic acids is 1. The number of hydrogen-bond acceptors (Lipinski definition) is 7. The van der Waals surface area contributed by atoms with Crippen LogP contribution in [0.15, 0.2) is 53.3 Å². The number of anilines is 3. The van der Waals surface area contributed by atoms with Crippen molar-refractivity contribution >= 4 is 34.3 Å². The maximum Gasteiger partial charge on any atom is 0.324 e. The lowest BCUT2D eigenvalue weighted by atomic mass is 9.93. The number of carbonyl (C=O) groups is 1. The second-order valence-corrected chi connectivity index (χ2v) is 9.70. The van der Waals surface area contributed by atoms with Crippen LogP contribution in [0.25, 0.3) is 10.9 Å². The van der Waals surface area contributed by atoms with Crippen molar-refractivity contribution in [2.75, 3.05) is 16.0 Å². The molecule has 1 unspecified atom stereocenters. The number of fused-ring (bicyclic) bond motifs is 2. The lowest BCUT2D eigenvalue weighted by molar-refractivity contribution is 0.262. The van der Waals surface area contributed by atoms with E-state index in [9.17, 15) is 10.1 Å². The number of aromatic nitrogens is 3. The van der Waals surface area contributed by atoms with Gasteiger partial charge in [0.1, 0.15) is 17.9 Å². The quantitative estimate of drug-likeness (QED) is 0.385. The van der Waals surface area contributed by atoms with Crippen LogP contribution < -0.4 is 16.0 Å². The number of urea groups is 1. The predicted molar refractivity (Wildman–Crippen MR) is 133 cm³/mol. The molecule has 2 aromatic carbocycles. The molecule has 0 saturated heterocycles. The highest BCUT2D eigenvalue weighted by Crippen LogP contribution is 2.29. The number of rotatable bonds is 4.